The van der Waals surface area contributed by atoms with Crippen molar-refractivity contribution in [1.82, 2.24) is 0 Å². The molecule has 0 radical (unpaired) electrons. The summed E-state index contributed by atoms with van der Waals surface area (Å²) in [6.45, 7) is 5.68. The van der Waals surface area contributed by atoms with E-state index in [9.17, 15) is 9.90 Å². The predicted octanol–water partition coefficient (Wildman–Crippen LogP) is 3.01. The maximum atomic E-state index is 11.9. The Balaban J connectivity index is 1.77. The molecule has 1 aliphatic rings. The first-order chi connectivity index (χ1) is 11.8. The van der Waals surface area contributed by atoms with Crippen LogP contribution in [0.15, 0.2) is 24.3 Å². The molecule has 25 heavy (non-hydrogen) atoms. The molecule has 3 atom stereocenters. The van der Waals surface area contributed by atoms with Gasteiger partial charge in [-0.15, -0.1) is 0 Å². The second-order valence-corrected chi connectivity index (χ2v) is 6.64. The molecule has 1 aromatic rings. The number of carbonyl (C=O) groups excluding carboxylic acids is 1. The molecule has 0 amide bonds. The van der Waals surface area contributed by atoms with Gasteiger partial charge >= 0.3 is 0 Å². The van der Waals surface area contributed by atoms with Crippen molar-refractivity contribution < 1.29 is 24.1 Å². The van der Waals surface area contributed by atoms with Crippen LogP contribution in [0.3, 0.4) is 0 Å². The highest BCUT2D eigenvalue weighted by Crippen LogP contribution is 2.30. The molecular weight excluding hydrogens is 320 g/mol. The zero-order valence-electron chi connectivity index (χ0n) is 15.2. The van der Waals surface area contributed by atoms with Crippen molar-refractivity contribution in [3.63, 3.8) is 0 Å². The van der Waals surface area contributed by atoms with Gasteiger partial charge in [-0.25, -0.2) is 0 Å². The highest BCUT2D eigenvalue weighted by molar-refractivity contribution is 5.95. The van der Waals surface area contributed by atoms with E-state index in [1.807, 2.05) is 20.8 Å². The van der Waals surface area contributed by atoms with Crippen LogP contribution in [0.25, 0.3) is 0 Å². The van der Waals surface area contributed by atoms with Gasteiger partial charge in [0.05, 0.1) is 25.4 Å². The minimum atomic E-state index is -0.724. The fourth-order valence-corrected chi connectivity index (χ4v) is 2.83. The Morgan fingerprint density at radius 3 is 2.56 bits per heavy atom. The van der Waals surface area contributed by atoms with E-state index in [1.54, 1.807) is 31.4 Å². The van der Waals surface area contributed by atoms with Crippen LogP contribution in [0.2, 0.25) is 0 Å². The number of aliphatic hydroxyl groups excluding tert-OH is 1. The van der Waals surface area contributed by atoms with Gasteiger partial charge in [0.2, 0.25) is 5.78 Å². The second kappa shape index (κ2) is 8.48. The van der Waals surface area contributed by atoms with Gasteiger partial charge < -0.3 is 19.3 Å². The highest BCUT2D eigenvalue weighted by atomic mass is 16.7. The van der Waals surface area contributed by atoms with Gasteiger partial charge in [-0.1, -0.05) is 18.1 Å². The van der Waals surface area contributed by atoms with Gasteiger partial charge in [-0.05, 0) is 50.8 Å². The lowest BCUT2D eigenvalue weighted by Gasteiger charge is -2.16. The smallest absolute Gasteiger partial charge is 0.205 e. The Morgan fingerprint density at radius 2 is 2.00 bits per heavy atom. The van der Waals surface area contributed by atoms with Crippen molar-refractivity contribution in [2.24, 2.45) is 0 Å². The van der Waals surface area contributed by atoms with Crippen LogP contribution in [0.4, 0.5) is 0 Å². The summed E-state index contributed by atoms with van der Waals surface area (Å²) in [4.78, 5) is 11.9. The number of methoxy groups -OCH3 is 1. The van der Waals surface area contributed by atoms with Gasteiger partial charge in [0, 0.05) is 12.8 Å². The van der Waals surface area contributed by atoms with Gasteiger partial charge in [0.25, 0.3) is 0 Å². The number of carbonyl (C=O) groups is 1. The summed E-state index contributed by atoms with van der Waals surface area (Å²) < 4.78 is 16.5. The zero-order valence-corrected chi connectivity index (χ0v) is 15.2. The second-order valence-electron chi connectivity index (χ2n) is 6.64. The first-order valence-electron chi connectivity index (χ1n) is 8.50. The van der Waals surface area contributed by atoms with Crippen molar-refractivity contribution in [3.05, 3.63) is 29.8 Å². The number of ketones is 1. The van der Waals surface area contributed by atoms with Gasteiger partial charge in [-0.2, -0.15) is 0 Å². The Morgan fingerprint density at radius 1 is 1.32 bits per heavy atom. The maximum absolute atomic E-state index is 11.9. The minimum absolute atomic E-state index is 0.0346. The molecule has 1 aromatic carbocycles. The standard InChI is InChI=1S/C20H26O5/c1-14-19(25-20(2,3)24-14)13-10-16(21)6-5-7-18(22)15-8-11-17(23-4)12-9-15/h8-9,11-12,14,18-19,22H,7,10,13H2,1-4H3. The molecule has 1 saturated heterocycles. The lowest BCUT2D eigenvalue weighted by atomic mass is 10.1. The number of hydrogen-bond donors (Lipinski definition) is 1. The third kappa shape index (κ3) is 5.86. The lowest BCUT2D eigenvalue weighted by Crippen LogP contribution is -2.21. The van der Waals surface area contributed by atoms with Gasteiger partial charge in [0.1, 0.15) is 5.75 Å². The highest BCUT2D eigenvalue weighted by Gasteiger charge is 2.38. The third-order valence-corrected chi connectivity index (χ3v) is 4.11. The fraction of sp³-hybridized carbons (Fsp3) is 0.550. The number of rotatable bonds is 6. The number of aliphatic hydroxyl groups is 1. The lowest BCUT2D eigenvalue weighted by molar-refractivity contribution is -0.145. The molecular formula is C20H26O5. The van der Waals surface area contributed by atoms with Crippen LogP contribution in [0.5, 0.6) is 5.75 Å². The van der Waals surface area contributed by atoms with E-state index in [0.717, 1.165) is 11.3 Å². The van der Waals surface area contributed by atoms with Crippen LogP contribution < -0.4 is 4.74 Å². The topological polar surface area (TPSA) is 65.0 Å². The SMILES string of the molecule is COc1ccc(C(O)CC#CC(=O)CCC2OC(C)(C)OC2C)cc1. The molecule has 0 bridgehead atoms. The van der Waals surface area contributed by atoms with E-state index in [2.05, 4.69) is 11.8 Å². The summed E-state index contributed by atoms with van der Waals surface area (Å²) in [5, 5.41) is 10.1. The first-order valence-corrected chi connectivity index (χ1v) is 8.50. The van der Waals surface area contributed by atoms with Crippen LogP contribution in [-0.4, -0.2) is 36.0 Å². The third-order valence-electron chi connectivity index (χ3n) is 4.11. The molecule has 0 aromatic heterocycles. The first kappa shape index (κ1) is 19.5. The quantitative estimate of drug-likeness (QED) is 0.634. The summed E-state index contributed by atoms with van der Waals surface area (Å²) in [6.07, 6.45) is 0.265. The van der Waals surface area contributed by atoms with E-state index in [4.69, 9.17) is 14.2 Å². The summed E-state index contributed by atoms with van der Waals surface area (Å²) in [5.74, 6) is 5.34. The minimum Gasteiger partial charge on any atom is -0.497 e. The van der Waals surface area contributed by atoms with E-state index in [1.165, 1.54) is 0 Å². The maximum Gasteiger partial charge on any atom is 0.205 e. The molecule has 0 saturated carbocycles. The molecule has 1 N–H and O–H groups in total. The number of hydrogen-bond acceptors (Lipinski definition) is 5. The van der Waals surface area contributed by atoms with E-state index >= 15 is 0 Å². The normalized spacial score (nSPS) is 22.8. The number of Topliss-reactive ketones (excluding diaryl/α,β-unsaturated/α-hetero) is 1. The van der Waals surface area contributed by atoms with Gasteiger partial charge in [0.15, 0.2) is 5.79 Å². The molecule has 1 heterocycles. The molecule has 5 nitrogen and oxygen atoms in total. The molecule has 0 aliphatic carbocycles. The van der Waals surface area contributed by atoms with E-state index < -0.39 is 11.9 Å². The van der Waals surface area contributed by atoms with Crippen LogP contribution in [-0.2, 0) is 14.3 Å². The van der Waals surface area contributed by atoms with Crippen molar-refractivity contribution in [2.75, 3.05) is 7.11 Å². The summed E-state index contributed by atoms with van der Waals surface area (Å²) in [6, 6.07) is 7.13. The zero-order chi connectivity index (χ0) is 18.4. The average molecular weight is 346 g/mol. The van der Waals surface area contributed by atoms with Crippen LogP contribution in [0, 0.1) is 11.8 Å². The molecule has 0 spiro atoms. The number of benzene rings is 1. The molecule has 3 unspecified atom stereocenters. The summed E-state index contributed by atoms with van der Waals surface area (Å²) in [5.41, 5.74) is 0.745. The summed E-state index contributed by atoms with van der Waals surface area (Å²) in [7, 11) is 1.59. The largest absolute Gasteiger partial charge is 0.497 e. The fourth-order valence-electron chi connectivity index (χ4n) is 2.83. The van der Waals surface area contributed by atoms with E-state index in [0.29, 0.717) is 12.8 Å². The molecule has 5 heteroatoms. The Kier molecular flexibility index (Phi) is 6.60. The summed E-state index contributed by atoms with van der Waals surface area (Å²) >= 11 is 0. The monoisotopic (exact) mass is 346 g/mol. The van der Waals surface area contributed by atoms with Gasteiger partial charge in [-0.3, -0.25) is 4.79 Å². The Hall–Kier alpha value is -1.87. The van der Waals surface area contributed by atoms with Crippen molar-refractivity contribution in [1.29, 1.82) is 0 Å². The van der Waals surface area contributed by atoms with Crippen LogP contribution in [0.1, 0.15) is 51.7 Å². The Labute approximate surface area is 149 Å². The van der Waals surface area contributed by atoms with Crippen molar-refractivity contribution in [2.45, 2.75) is 64.1 Å². The molecule has 136 valence electrons. The molecule has 1 fully saturated rings. The Bertz CT molecular complexity index is 638. The van der Waals surface area contributed by atoms with Crippen molar-refractivity contribution in [3.8, 4) is 17.6 Å². The number of ether oxygens (including phenoxy) is 3. The van der Waals surface area contributed by atoms with Crippen LogP contribution >= 0.6 is 0 Å². The molecule has 1 aliphatic heterocycles. The average Bonchev–Trinajstić information content (AvgIpc) is 2.84. The molecule has 2 rings (SSSR count). The van der Waals surface area contributed by atoms with Crippen molar-refractivity contribution >= 4 is 5.78 Å². The van der Waals surface area contributed by atoms with E-state index in [-0.39, 0.29) is 24.4 Å². The predicted molar refractivity (Wildman–Crippen MR) is 94.1 cm³/mol.